The normalized spacial score (nSPS) is 25.8. The smallest absolute Gasteiger partial charge is 0.408 e. The van der Waals surface area contributed by atoms with Gasteiger partial charge in [0.05, 0.1) is 17.8 Å². The van der Waals surface area contributed by atoms with Crippen LogP contribution < -0.4 is 21.5 Å². The highest BCUT2D eigenvalue weighted by atomic mass is 32.1. The summed E-state index contributed by atoms with van der Waals surface area (Å²) >= 11 is 3.02. The van der Waals surface area contributed by atoms with Crippen molar-refractivity contribution < 1.29 is 23.9 Å². The predicted octanol–water partition coefficient (Wildman–Crippen LogP) is 6.63. The monoisotopic (exact) mass is 822 g/mol. The van der Waals surface area contributed by atoms with Crippen molar-refractivity contribution in [3.05, 3.63) is 98.3 Å². The summed E-state index contributed by atoms with van der Waals surface area (Å²) in [6.07, 6.45) is 13.2. The van der Waals surface area contributed by atoms with Crippen LogP contribution in [0.25, 0.3) is 22.3 Å². The van der Waals surface area contributed by atoms with Crippen molar-refractivity contribution in [3.8, 4) is 22.3 Å². The van der Waals surface area contributed by atoms with Crippen LogP contribution in [0.1, 0.15) is 82.2 Å². The van der Waals surface area contributed by atoms with Crippen LogP contribution in [0.2, 0.25) is 0 Å². The molecule has 3 N–H and O–H groups in total. The first kappa shape index (κ1) is 39.7. The summed E-state index contributed by atoms with van der Waals surface area (Å²) in [6.45, 7) is 0.417. The van der Waals surface area contributed by atoms with Crippen LogP contribution in [0, 0.1) is 5.92 Å². The lowest BCUT2D eigenvalue weighted by Crippen LogP contribution is -2.58. The Morgan fingerprint density at radius 3 is 2.45 bits per heavy atom. The minimum atomic E-state index is -1.18. The molecule has 3 fully saturated rings. The number of nitrogens with zero attached hydrogens (tertiary/aromatic N) is 3. The molecule has 4 aliphatic rings. The second kappa shape index (κ2) is 17.8. The molecule has 5 atom stereocenters. The minimum Gasteiger partial charge on any atom is -0.446 e. The van der Waals surface area contributed by atoms with Crippen molar-refractivity contribution in [2.24, 2.45) is 5.92 Å². The van der Waals surface area contributed by atoms with Crippen LogP contribution in [0.3, 0.4) is 0 Å². The van der Waals surface area contributed by atoms with Crippen LogP contribution in [-0.2, 0) is 25.5 Å². The third-order valence-corrected chi connectivity index (χ3v) is 13.4. The lowest BCUT2D eigenvalue weighted by molar-refractivity contribution is -0.141. The Kier molecular flexibility index (Phi) is 12.2. The van der Waals surface area contributed by atoms with Gasteiger partial charge in [-0.15, -0.1) is 0 Å². The molecule has 2 saturated carbocycles. The van der Waals surface area contributed by atoms with Gasteiger partial charge in [0.1, 0.15) is 23.7 Å². The lowest BCUT2D eigenvalue weighted by Gasteiger charge is -2.30. The van der Waals surface area contributed by atoms with E-state index in [1.54, 1.807) is 6.20 Å². The molecule has 12 nitrogen and oxygen atoms in total. The zero-order valence-electron chi connectivity index (χ0n) is 32.5. The van der Waals surface area contributed by atoms with E-state index < -0.39 is 41.6 Å². The van der Waals surface area contributed by atoms with Gasteiger partial charge in [0, 0.05) is 31.0 Å². The van der Waals surface area contributed by atoms with Gasteiger partial charge in [-0.3, -0.25) is 19.2 Å². The van der Waals surface area contributed by atoms with Gasteiger partial charge in [-0.2, -0.15) is 27.8 Å². The molecule has 8 rings (SSSR count). The Balaban J connectivity index is 1.11. The van der Waals surface area contributed by atoms with Crippen molar-refractivity contribution in [3.63, 3.8) is 0 Å². The van der Waals surface area contributed by atoms with E-state index in [0.717, 1.165) is 61.6 Å². The maximum absolute atomic E-state index is 14.8. The SMILES string of the molecule is O=C(N[C@H]1CCCCC/C=C\C2C[C@@]2(C(=O)NCCc2ccccc2)NC(=O)[C@@H]2C[C@@H](n3ncc(-c4ccsc4)c(-c4ccsc4)c3=O)CN2C1=O)OC1CCCC1. The molecule has 4 amide bonds. The van der Waals surface area contributed by atoms with Crippen LogP contribution >= 0.6 is 22.7 Å². The summed E-state index contributed by atoms with van der Waals surface area (Å²) in [7, 11) is 0. The number of amides is 4. The summed E-state index contributed by atoms with van der Waals surface area (Å²) < 4.78 is 7.13. The van der Waals surface area contributed by atoms with Crippen molar-refractivity contribution in [2.75, 3.05) is 13.1 Å². The van der Waals surface area contributed by atoms with E-state index in [1.807, 2.05) is 70.1 Å². The Hall–Kier alpha value is -5.08. The van der Waals surface area contributed by atoms with E-state index in [1.165, 1.54) is 32.3 Å². The van der Waals surface area contributed by atoms with Gasteiger partial charge >= 0.3 is 6.09 Å². The molecule has 1 unspecified atom stereocenters. The first-order chi connectivity index (χ1) is 28.3. The molecule has 2 aliphatic carbocycles. The topological polar surface area (TPSA) is 152 Å². The molecule has 14 heteroatoms. The highest BCUT2D eigenvalue weighted by Gasteiger charge is 2.61. The molecule has 304 valence electrons. The van der Waals surface area contributed by atoms with Crippen molar-refractivity contribution in [1.29, 1.82) is 0 Å². The highest BCUT2D eigenvalue weighted by molar-refractivity contribution is 7.08. The minimum absolute atomic E-state index is 0.0140. The fraction of sp³-hybridized carbons (Fsp3) is 0.455. The summed E-state index contributed by atoms with van der Waals surface area (Å²) in [5.41, 5.74) is 2.46. The maximum atomic E-state index is 14.8. The second-order valence-electron chi connectivity index (χ2n) is 15.9. The number of carbonyl (C=O) groups is 4. The Bertz CT molecular complexity index is 2170. The number of allylic oxidation sites excluding steroid dienone is 1. The van der Waals surface area contributed by atoms with Gasteiger partial charge in [0.25, 0.3) is 5.56 Å². The van der Waals surface area contributed by atoms with E-state index in [4.69, 9.17) is 4.74 Å². The number of ether oxygens (including phenoxy) is 1. The van der Waals surface area contributed by atoms with Gasteiger partial charge < -0.3 is 25.6 Å². The fourth-order valence-corrected chi connectivity index (χ4v) is 10.1. The van der Waals surface area contributed by atoms with E-state index in [9.17, 15) is 24.0 Å². The molecule has 2 aliphatic heterocycles. The van der Waals surface area contributed by atoms with Crippen LogP contribution in [-0.4, -0.2) is 75.3 Å². The Morgan fingerprint density at radius 1 is 0.931 bits per heavy atom. The number of fused-ring (bicyclic) bond motifs is 2. The summed E-state index contributed by atoms with van der Waals surface area (Å²) in [5, 5.41) is 21.5. The highest BCUT2D eigenvalue weighted by Crippen LogP contribution is 2.46. The number of hydrogen-bond donors (Lipinski definition) is 3. The molecule has 0 radical (unpaired) electrons. The van der Waals surface area contributed by atoms with Gasteiger partial charge in [-0.25, -0.2) is 9.48 Å². The van der Waals surface area contributed by atoms with Gasteiger partial charge in [0.15, 0.2) is 0 Å². The fourth-order valence-electron chi connectivity index (χ4n) is 8.78. The number of hydrogen-bond acceptors (Lipinski definition) is 9. The zero-order valence-corrected chi connectivity index (χ0v) is 34.1. The zero-order chi connectivity index (χ0) is 40.1. The molecular weight excluding hydrogens is 773 g/mol. The number of nitrogens with one attached hydrogen (secondary N) is 3. The average molecular weight is 823 g/mol. The standard InChI is InChI=1S/C44H50N6O6S2/c51-39-37-23-33(50-41(53)38(31-19-22-58-28-31)35(25-46-50)30-18-21-57-27-30)26-49(37)40(52)36(47-43(55)56-34-14-9-10-15-34)16-8-3-1-2-7-13-32-24-44(32,48-39)42(54)45-20-17-29-11-5-4-6-12-29/h4-7,11-13,18-19,21-22,25,27-28,32-34,36-37H,1-3,8-10,14-17,20,23-24,26H2,(H,45,54)(H,47,55)(H,48,51)/b13-7-/t32?,33-,36+,37+,44-/m1/s1. The van der Waals surface area contributed by atoms with E-state index >= 15 is 0 Å². The number of alkyl carbamates (subject to hydrolysis) is 1. The van der Waals surface area contributed by atoms with Gasteiger partial charge in [0.2, 0.25) is 17.7 Å². The third-order valence-electron chi connectivity index (χ3n) is 12.1. The van der Waals surface area contributed by atoms with Crippen molar-refractivity contribution in [2.45, 2.75) is 107 Å². The molecule has 5 heterocycles. The number of carbonyl (C=O) groups excluding carboxylic acids is 4. The molecular formula is C44H50N6O6S2. The first-order valence-electron chi connectivity index (χ1n) is 20.6. The molecule has 0 bridgehead atoms. The molecule has 4 aromatic rings. The maximum Gasteiger partial charge on any atom is 0.408 e. The summed E-state index contributed by atoms with van der Waals surface area (Å²) in [4.78, 5) is 72.7. The first-order valence-corrected chi connectivity index (χ1v) is 22.4. The second-order valence-corrected chi connectivity index (χ2v) is 17.5. The Morgan fingerprint density at radius 2 is 1.69 bits per heavy atom. The van der Waals surface area contributed by atoms with E-state index in [-0.39, 0.29) is 36.5 Å². The molecule has 1 aromatic carbocycles. The quantitative estimate of drug-likeness (QED) is 0.160. The number of aromatic nitrogens is 2. The molecule has 3 aromatic heterocycles. The number of rotatable bonds is 9. The Labute approximate surface area is 346 Å². The predicted molar refractivity (Wildman–Crippen MR) is 224 cm³/mol. The van der Waals surface area contributed by atoms with Crippen molar-refractivity contribution in [1.82, 2.24) is 30.6 Å². The number of benzene rings is 1. The summed E-state index contributed by atoms with van der Waals surface area (Å²) in [6, 6.07) is 11.1. The third kappa shape index (κ3) is 8.68. The van der Waals surface area contributed by atoms with E-state index in [0.29, 0.717) is 43.4 Å². The van der Waals surface area contributed by atoms with Crippen molar-refractivity contribution >= 4 is 46.5 Å². The van der Waals surface area contributed by atoms with Crippen LogP contribution in [0.15, 0.2) is 87.1 Å². The van der Waals surface area contributed by atoms with Gasteiger partial charge in [-0.05, 0) is 108 Å². The summed E-state index contributed by atoms with van der Waals surface area (Å²) in [5.74, 6) is -1.37. The largest absolute Gasteiger partial charge is 0.446 e. The number of thiophene rings is 2. The van der Waals surface area contributed by atoms with Crippen LogP contribution in [0.5, 0.6) is 0 Å². The van der Waals surface area contributed by atoms with E-state index in [2.05, 4.69) is 27.1 Å². The average Bonchev–Trinajstić information content (AvgIpc) is 3.92. The van der Waals surface area contributed by atoms with Gasteiger partial charge in [-0.1, -0.05) is 55.3 Å². The molecule has 58 heavy (non-hydrogen) atoms. The molecule has 0 spiro atoms. The lowest BCUT2D eigenvalue weighted by atomic mass is 10.0. The van der Waals surface area contributed by atoms with Crippen LogP contribution in [0.4, 0.5) is 4.79 Å². The molecule has 1 saturated heterocycles.